The topological polar surface area (TPSA) is 64.3 Å². The summed E-state index contributed by atoms with van der Waals surface area (Å²) in [6.45, 7) is 3.46. The molecule has 0 atom stereocenters. The first-order valence-electron chi connectivity index (χ1n) is 10.3. The summed E-state index contributed by atoms with van der Waals surface area (Å²) in [7, 11) is -4.26. The van der Waals surface area contributed by atoms with Crippen LogP contribution < -0.4 is 9.47 Å². The zero-order chi connectivity index (χ0) is 22.9. The lowest BCUT2D eigenvalue weighted by Crippen LogP contribution is -2.36. The monoisotopic (exact) mass is 528 g/mol. The maximum atomic E-state index is 11.1. The highest BCUT2D eigenvalue weighted by molar-refractivity contribution is 8.03. The Balaban J connectivity index is 1.75. The van der Waals surface area contributed by atoms with Crippen LogP contribution in [0.5, 0.6) is 0 Å². The lowest BCUT2D eigenvalue weighted by atomic mass is 10.2. The number of hydrogen-bond donors (Lipinski definition) is 0. The second-order valence-corrected chi connectivity index (χ2v) is 12.0. The molecule has 0 radical (unpaired) electrons. The van der Waals surface area contributed by atoms with E-state index in [-0.39, 0.29) is 6.42 Å². The van der Waals surface area contributed by atoms with Crippen molar-refractivity contribution >= 4 is 78.4 Å². The summed E-state index contributed by atoms with van der Waals surface area (Å²) in [6.07, 6.45) is 4.51. The summed E-state index contributed by atoms with van der Waals surface area (Å²) in [6, 6.07) is 11.6. The van der Waals surface area contributed by atoms with Gasteiger partial charge < -0.3 is 9.45 Å². The van der Waals surface area contributed by atoms with Gasteiger partial charge in [0.2, 0.25) is 5.52 Å². The molecule has 5 nitrogen and oxygen atoms in total. The molecule has 10 heteroatoms. The first-order chi connectivity index (χ1) is 15.2. The second-order valence-electron chi connectivity index (χ2n) is 7.52. The van der Waals surface area contributed by atoms with E-state index in [1.165, 1.54) is 0 Å². The summed E-state index contributed by atoms with van der Waals surface area (Å²) in [5, 5.41) is 3.39. The predicted octanol–water partition coefficient (Wildman–Crippen LogP) is 6.14. The molecule has 0 fully saturated rings. The number of aromatic nitrogens is 1. The van der Waals surface area contributed by atoms with Crippen LogP contribution in [0.2, 0.25) is 10.0 Å². The van der Waals surface area contributed by atoms with Gasteiger partial charge in [0.05, 0.1) is 26.9 Å². The summed E-state index contributed by atoms with van der Waals surface area (Å²) < 4.78 is 36.5. The molecule has 32 heavy (non-hydrogen) atoms. The third kappa shape index (κ3) is 5.43. The van der Waals surface area contributed by atoms with Gasteiger partial charge in [0, 0.05) is 39.7 Å². The molecular weight excluding hydrogens is 507 g/mol. The van der Waals surface area contributed by atoms with Gasteiger partial charge in [-0.15, -0.1) is 0 Å². The molecule has 1 aliphatic heterocycles. The Labute approximate surface area is 206 Å². The number of unbranched alkanes of at least 4 members (excludes halogenated alkanes) is 1. The molecule has 0 spiro atoms. The smallest absolute Gasteiger partial charge is 0.265 e. The first kappa shape index (κ1) is 23.9. The van der Waals surface area contributed by atoms with Crippen LogP contribution in [0.1, 0.15) is 31.2 Å². The number of aryl methyl sites for hydroxylation is 1. The third-order valence-electron chi connectivity index (χ3n) is 5.14. The Hall–Kier alpha value is -1.29. The van der Waals surface area contributed by atoms with Crippen molar-refractivity contribution in [3.05, 3.63) is 56.5 Å². The molecule has 0 bridgehead atoms. The number of thiazole rings is 1. The number of anilines is 1. The average Bonchev–Trinajstić information content (AvgIpc) is 3.23. The zero-order valence-corrected chi connectivity index (χ0v) is 21.3. The molecule has 0 aliphatic carbocycles. The van der Waals surface area contributed by atoms with Crippen LogP contribution in [-0.4, -0.2) is 25.3 Å². The molecule has 0 amide bonds. The van der Waals surface area contributed by atoms with E-state index in [1.807, 2.05) is 36.4 Å². The van der Waals surface area contributed by atoms with Gasteiger partial charge in [-0.3, -0.25) is 0 Å². The molecular formula is C22H22Cl2N2O3S3. The minimum Gasteiger partial charge on any atom is -0.748 e. The summed E-state index contributed by atoms with van der Waals surface area (Å²) in [4.78, 5) is 3.45. The van der Waals surface area contributed by atoms with Gasteiger partial charge in [-0.05, 0) is 36.8 Å². The molecule has 0 saturated carbocycles. The van der Waals surface area contributed by atoms with Gasteiger partial charge in [0.25, 0.3) is 5.01 Å². The molecule has 170 valence electrons. The fourth-order valence-electron chi connectivity index (χ4n) is 3.65. The third-order valence-corrected chi connectivity index (χ3v) is 8.63. The van der Waals surface area contributed by atoms with Gasteiger partial charge >= 0.3 is 0 Å². The molecule has 0 unspecified atom stereocenters. The molecule has 0 N–H and O–H groups in total. The van der Waals surface area contributed by atoms with Crippen LogP contribution in [0, 0.1) is 0 Å². The van der Waals surface area contributed by atoms with E-state index in [4.69, 9.17) is 23.2 Å². The van der Waals surface area contributed by atoms with Crippen molar-refractivity contribution in [2.45, 2.75) is 37.6 Å². The normalized spacial score (nSPS) is 15.1. The van der Waals surface area contributed by atoms with E-state index < -0.39 is 15.9 Å². The highest BCUT2D eigenvalue weighted by atomic mass is 35.5. The van der Waals surface area contributed by atoms with Crippen molar-refractivity contribution in [1.82, 2.24) is 0 Å². The van der Waals surface area contributed by atoms with E-state index in [9.17, 15) is 13.0 Å². The molecule has 3 aromatic rings. The average molecular weight is 530 g/mol. The quantitative estimate of drug-likeness (QED) is 0.259. The van der Waals surface area contributed by atoms with Crippen molar-refractivity contribution in [2.75, 3.05) is 17.2 Å². The van der Waals surface area contributed by atoms with Crippen molar-refractivity contribution in [2.24, 2.45) is 0 Å². The summed E-state index contributed by atoms with van der Waals surface area (Å²) in [5.74, 6) is -0.394. The Bertz CT molecular complexity index is 1290. The highest BCUT2D eigenvalue weighted by Gasteiger charge is 2.28. The largest absolute Gasteiger partial charge is 0.748 e. The maximum absolute atomic E-state index is 11.1. The zero-order valence-electron chi connectivity index (χ0n) is 17.4. The van der Waals surface area contributed by atoms with Gasteiger partial charge in [-0.25, -0.2) is 8.42 Å². The van der Waals surface area contributed by atoms with Crippen molar-refractivity contribution in [3.63, 3.8) is 0 Å². The van der Waals surface area contributed by atoms with Gasteiger partial charge in [0.15, 0.2) is 6.54 Å². The van der Waals surface area contributed by atoms with Crippen LogP contribution in [0.25, 0.3) is 16.3 Å². The van der Waals surface area contributed by atoms with Gasteiger partial charge in [-0.1, -0.05) is 59.6 Å². The van der Waals surface area contributed by atoms with Crippen molar-refractivity contribution in [1.29, 1.82) is 0 Å². The number of hydrogen-bond acceptors (Lipinski definition) is 6. The lowest BCUT2D eigenvalue weighted by molar-refractivity contribution is -0.668. The van der Waals surface area contributed by atoms with Crippen molar-refractivity contribution in [3.8, 4) is 0 Å². The molecule has 2 heterocycles. The van der Waals surface area contributed by atoms with E-state index in [0.717, 1.165) is 50.2 Å². The Morgan fingerprint density at radius 2 is 1.88 bits per heavy atom. The Morgan fingerprint density at radius 3 is 2.62 bits per heavy atom. The van der Waals surface area contributed by atoms with Crippen LogP contribution in [0.3, 0.4) is 0 Å². The number of nitrogens with zero attached hydrogens (tertiary/aromatic N) is 2. The minimum atomic E-state index is -4.26. The Morgan fingerprint density at radius 1 is 1.12 bits per heavy atom. The molecule has 1 aliphatic rings. The molecule has 1 aromatic heterocycles. The van der Waals surface area contributed by atoms with Gasteiger partial charge in [-0.2, -0.15) is 4.57 Å². The summed E-state index contributed by atoms with van der Waals surface area (Å²) in [5.41, 5.74) is 2.04. The highest BCUT2D eigenvalue weighted by Crippen LogP contribution is 2.48. The van der Waals surface area contributed by atoms with Crippen LogP contribution in [-0.2, 0) is 16.7 Å². The van der Waals surface area contributed by atoms with Crippen LogP contribution >= 0.6 is 46.3 Å². The second kappa shape index (κ2) is 9.91. The number of halogens is 2. The van der Waals surface area contributed by atoms with E-state index in [1.54, 1.807) is 23.1 Å². The fraction of sp³-hybridized carbons (Fsp3) is 0.318. The van der Waals surface area contributed by atoms with Crippen LogP contribution in [0.4, 0.5) is 5.69 Å². The number of benzene rings is 2. The SMILES string of the molecule is CCCCN1C(=Cc2sc3ccc(Cl)cc3[n+]2CCCS(=O)(=O)[O-])Sc2ccc(Cl)cc21. The van der Waals surface area contributed by atoms with Crippen LogP contribution in [0.15, 0.2) is 46.3 Å². The van der Waals surface area contributed by atoms with Gasteiger partial charge in [0.1, 0.15) is 4.70 Å². The maximum Gasteiger partial charge on any atom is 0.265 e. The first-order valence-corrected chi connectivity index (χ1v) is 14.2. The number of thioether (sulfide) groups is 1. The fourth-order valence-corrected chi connectivity index (χ4v) is 6.75. The molecule has 4 rings (SSSR count). The predicted molar refractivity (Wildman–Crippen MR) is 134 cm³/mol. The molecule has 2 aromatic carbocycles. The standard InChI is InChI=1S/C22H22Cl2N2O3S3/c1-2-3-9-25-17-12-15(23)5-7-19(17)30-21(25)14-22-26(10-4-11-32(27,28)29)18-13-16(24)6-8-20(18)31-22/h5-8,12-14H,2-4,9-11H2,1H3. The van der Waals surface area contributed by atoms with E-state index in [2.05, 4.69) is 22.5 Å². The number of fused-ring (bicyclic) bond motifs is 2. The minimum absolute atomic E-state index is 0.244. The van der Waals surface area contributed by atoms with E-state index >= 15 is 0 Å². The lowest BCUT2D eigenvalue weighted by Gasteiger charge is -2.20. The molecule has 0 saturated heterocycles. The Kier molecular flexibility index (Phi) is 7.39. The number of rotatable bonds is 8. The summed E-state index contributed by atoms with van der Waals surface area (Å²) >= 11 is 15.8. The van der Waals surface area contributed by atoms with E-state index in [0.29, 0.717) is 16.6 Å². The van der Waals surface area contributed by atoms with Crippen molar-refractivity contribution < 1.29 is 17.5 Å².